The van der Waals surface area contributed by atoms with Crippen molar-refractivity contribution in [3.05, 3.63) is 22.8 Å². The van der Waals surface area contributed by atoms with Gasteiger partial charge in [0.1, 0.15) is 12.2 Å². The van der Waals surface area contributed by atoms with Gasteiger partial charge < -0.3 is 19.4 Å². The van der Waals surface area contributed by atoms with Crippen LogP contribution in [0.1, 0.15) is 80.6 Å². The molecule has 4 bridgehead atoms. The molecule has 178 valence electrons. The van der Waals surface area contributed by atoms with Gasteiger partial charge in [0.05, 0.1) is 18.3 Å². The largest absolute Gasteiger partial charge is 0.408 e. The highest BCUT2D eigenvalue weighted by atomic mass is 28.4. The number of rotatable bonds is 6. The summed E-state index contributed by atoms with van der Waals surface area (Å²) in [6.45, 7) is 15.6. The summed E-state index contributed by atoms with van der Waals surface area (Å²) in [5.74, 6) is 0.389. The third-order valence-corrected chi connectivity index (χ3v) is 13.9. The Balaban J connectivity index is 2.17. The zero-order chi connectivity index (χ0) is 23.0. The Morgan fingerprint density at radius 1 is 1.16 bits per heavy atom. The van der Waals surface area contributed by atoms with Crippen LogP contribution in [0.3, 0.4) is 0 Å². The Morgan fingerprint density at radius 3 is 2.39 bits per heavy atom. The summed E-state index contributed by atoms with van der Waals surface area (Å²) in [5, 5.41) is 22.4. The number of ether oxygens (including phenoxy) is 1. The zero-order valence-corrected chi connectivity index (χ0v) is 22.0. The van der Waals surface area contributed by atoms with Crippen molar-refractivity contribution in [3.8, 4) is 0 Å². The predicted octanol–water partition coefficient (Wildman–Crippen LogP) is 5.75. The molecule has 1 saturated heterocycles. The fraction of sp³-hybridized carbons (Fsp3) is 0.846. The van der Waals surface area contributed by atoms with E-state index in [-0.39, 0.29) is 24.2 Å². The average Bonchev–Trinajstić information content (AvgIpc) is 2.74. The van der Waals surface area contributed by atoms with Crippen LogP contribution in [0.5, 0.6) is 0 Å². The van der Waals surface area contributed by atoms with E-state index in [1.165, 1.54) is 5.57 Å². The van der Waals surface area contributed by atoms with Crippen molar-refractivity contribution >= 4 is 8.32 Å². The minimum absolute atomic E-state index is 0.0167. The SMILES string of the molecule is CC[Si](CC)(CC)O[C@@H]1[C@H](O)C2=C(CO)[C@@]3(C)CC/C(C)=C/CC[C@]1(C)O[C@@H]2C[C@H]3C. The van der Waals surface area contributed by atoms with Crippen molar-refractivity contribution in [2.75, 3.05) is 6.61 Å². The summed E-state index contributed by atoms with van der Waals surface area (Å²) in [4.78, 5) is 0. The fourth-order valence-electron chi connectivity index (χ4n) is 6.39. The van der Waals surface area contributed by atoms with E-state index in [1.54, 1.807) is 0 Å². The molecule has 0 saturated carbocycles. The van der Waals surface area contributed by atoms with Gasteiger partial charge >= 0.3 is 0 Å². The van der Waals surface area contributed by atoms with E-state index in [0.717, 1.165) is 61.4 Å². The van der Waals surface area contributed by atoms with Crippen LogP contribution in [0.15, 0.2) is 22.8 Å². The maximum absolute atomic E-state index is 11.9. The van der Waals surface area contributed by atoms with E-state index in [9.17, 15) is 10.2 Å². The van der Waals surface area contributed by atoms with Crippen LogP contribution in [-0.2, 0) is 9.16 Å². The van der Waals surface area contributed by atoms with Crippen LogP contribution in [0.4, 0.5) is 0 Å². The molecular formula is C26H46O4Si. The topological polar surface area (TPSA) is 58.9 Å². The van der Waals surface area contributed by atoms with Gasteiger partial charge in [0, 0.05) is 0 Å². The second kappa shape index (κ2) is 9.42. The summed E-state index contributed by atoms with van der Waals surface area (Å²) in [7, 11) is -1.96. The first-order valence-electron chi connectivity index (χ1n) is 12.6. The average molecular weight is 451 g/mol. The lowest BCUT2D eigenvalue weighted by atomic mass is 9.59. The van der Waals surface area contributed by atoms with E-state index in [2.05, 4.69) is 54.5 Å². The molecule has 0 aromatic rings. The first-order valence-corrected chi connectivity index (χ1v) is 15.2. The van der Waals surface area contributed by atoms with Gasteiger partial charge in [0.2, 0.25) is 0 Å². The second-order valence-electron chi connectivity index (χ2n) is 10.9. The van der Waals surface area contributed by atoms with E-state index < -0.39 is 20.0 Å². The molecule has 2 heterocycles. The van der Waals surface area contributed by atoms with Gasteiger partial charge in [0.25, 0.3) is 0 Å². The van der Waals surface area contributed by atoms with Gasteiger partial charge in [-0.25, -0.2) is 0 Å². The highest BCUT2D eigenvalue weighted by Gasteiger charge is 2.56. The summed E-state index contributed by atoms with van der Waals surface area (Å²) in [5.41, 5.74) is 2.68. The smallest absolute Gasteiger partial charge is 0.192 e. The molecule has 0 spiro atoms. The van der Waals surface area contributed by atoms with Gasteiger partial charge in [-0.15, -0.1) is 0 Å². The monoisotopic (exact) mass is 450 g/mol. The third-order valence-electron chi connectivity index (χ3n) is 9.30. The number of aliphatic hydroxyl groups is 2. The molecule has 1 fully saturated rings. The molecule has 0 aromatic carbocycles. The van der Waals surface area contributed by atoms with Gasteiger partial charge in [-0.05, 0) is 86.6 Å². The third kappa shape index (κ3) is 4.38. The molecule has 4 rings (SSSR count). The van der Waals surface area contributed by atoms with E-state index in [4.69, 9.17) is 9.16 Å². The lowest BCUT2D eigenvalue weighted by Crippen LogP contribution is -2.63. The van der Waals surface area contributed by atoms with Crippen molar-refractivity contribution in [2.45, 2.75) is 123 Å². The van der Waals surface area contributed by atoms with E-state index >= 15 is 0 Å². The predicted molar refractivity (Wildman–Crippen MR) is 130 cm³/mol. The molecular weight excluding hydrogens is 404 g/mol. The van der Waals surface area contributed by atoms with E-state index in [0.29, 0.717) is 5.92 Å². The van der Waals surface area contributed by atoms with Gasteiger partial charge in [-0.3, -0.25) is 0 Å². The fourth-order valence-corrected chi connectivity index (χ4v) is 9.31. The van der Waals surface area contributed by atoms with Crippen LogP contribution in [0.2, 0.25) is 18.1 Å². The maximum Gasteiger partial charge on any atom is 0.192 e. The highest BCUT2D eigenvalue weighted by Crippen LogP contribution is 2.54. The van der Waals surface area contributed by atoms with Crippen LogP contribution in [0.25, 0.3) is 0 Å². The Labute approximate surface area is 191 Å². The lowest BCUT2D eigenvalue weighted by molar-refractivity contribution is -0.200. The van der Waals surface area contributed by atoms with Gasteiger partial charge in [-0.1, -0.05) is 46.3 Å². The molecule has 31 heavy (non-hydrogen) atoms. The molecule has 0 radical (unpaired) electrons. The quantitative estimate of drug-likeness (QED) is 0.399. The normalized spacial score (nSPS) is 41.0. The van der Waals surface area contributed by atoms with Crippen molar-refractivity contribution in [3.63, 3.8) is 0 Å². The number of fused-ring (bicyclic) bond motifs is 6. The number of hydrogen-bond donors (Lipinski definition) is 2. The standard InChI is InChI=1S/C26H46O4Si/c1-8-31(9-2,10-3)30-24-23(28)22-20(17-27)25(6)15-13-18(4)12-11-14-26(24,7)29-21(22)16-19(25)5/h12,19,21,23-24,27-28H,8-11,13-17H2,1-7H3/b18-12+/t19-,21-,23-,24-,25+,26+/m1/s1. The number of hydrogen-bond acceptors (Lipinski definition) is 4. The first kappa shape index (κ1) is 25.2. The highest BCUT2D eigenvalue weighted by molar-refractivity contribution is 6.73. The minimum atomic E-state index is -1.96. The minimum Gasteiger partial charge on any atom is -0.408 e. The summed E-state index contributed by atoms with van der Waals surface area (Å²) in [6, 6.07) is 3.13. The van der Waals surface area contributed by atoms with Gasteiger partial charge in [-0.2, -0.15) is 0 Å². The van der Waals surface area contributed by atoms with E-state index in [1.807, 2.05) is 0 Å². The van der Waals surface area contributed by atoms with Crippen molar-refractivity contribution < 1.29 is 19.4 Å². The van der Waals surface area contributed by atoms with Crippen molar-refractivity contribution in [1.82, 2.24) is 0 Å². The summed E-state index contributed by atoms with van der Waals surface area (Å²) < 4.78 is 13.9. The molecule has 4 aliphatic rings. The molecule has 2 aliphatic heterocycles. The molecule has 4 nitrogen and oxygen atoms in total. The second-order valence-corrected chi connectivity index (χ2v) is 15.6. The zero-order valence-electron chi connectivity index (χ0n) is 21.0. The number of allylic oxidation sites excluding steroid dienone is 2. The molecule has 2 N–H and O–H groups in total. The Hall–Kier alpha value is -0.463. The summed E-state index contributed by atoms with van der Waals surface area (Å²) >= 11 is 0. The molecule has 2 aliphatic carbocycles. The molecule has 6 atom stereocenters. The van der Waals surface area contributed by atoms with Crippen LogP contribution in [0, 0.1) is 11.3 Å². The lowest BCUT2D eigenvalue weighted by Gasteiger charge is -2.56. The first-order chi connectivity index (χ1) is 14.6. The molecule has 5 heteroatoms. The Morgan fingerprint density at radius 2 is 1.81 bits per heavy atom. The number of aliphatic hydroxyl groups excluding tert-OH is 2. The Bertz CT molecular complexity index is 704. The van der Waals surface area contributed by atoms with Crippen molar-refractivity contribution in [2.24, 2.45) is 11.3 Å². The molecule has 0 aromatic heterocycles. The van der Waals surface area contributed by atoms with Crippen molar-refractivity contribution in [1.29, 1.82) is 0 Å². The Kier molecular flexibility index (Phi) is 7.65. The van der Waals surface area contributed by atoms with Crippen LogP contribution >= 0.6 is 0 Å². The molecule has 0 unspecified atom stereocenters. The van der Waals surface area contributed by atoms with Crippen LogP contribution < -0.4 is 0 Å². The maximum atomic E-state index is 11.9. The van der Waals surface area contributed by atoms with Gasteiger partial charge in [0.15, 0.2) is 8.32 Å². The summed E-state index contributed by atoms with van der Waals surface area (Å²) in [6.07, 6.45) is 5.85. The van der Waals surface area contributed by atoms with Crippen LogP contribution in [-0.4, -0.2) is 49.1 Å². The molecule has 0 amide bonds.